The molecule has 13 heteroatoms. The molecule has 248 valence electrons. The van der Waals surface area contributed by atoms with Gasteiger partial charge >= 0.3 is 0 Å². The molecule has 6 rings (SSSR count). The molecule has 2 aromatic heterocycles. The van der Waals surface area contributed by atoms with Crippen molar-refractivity contribution in [3.8, 4) is 0 Å². The fourth-order valence-electron chi connectivity index (χ4n) is 4.90. The topological polar surface area (TPSA) is 179 Å². The molecule has 0 spiro atoms. The van der Waals surface area contributed by atoms with Crippen LogP contribution in [0.3, 0.4) is 0 Å². The van der Waals surface area contributed by atoms with Gasteiger partial charge in [-0.3, -0.25) is 14.6 Å². The van der Waals surface area contributed by atoms with Gasteiger partial charge in [-0.1, -0.05) is 24.3 Å². The van der Waals surface area contributed by atoms with E-state index in [0.717, 1.165) is 42.6 Å². The molecule has 0 bridgehead atoms. The molecule has 2 aliphatic heterocycles. The average molecular weight is 653 g/mol. The lowest BCUT2D eigenvalue weighted by molar-refractivity contribution is 0.101. The summed E-state index contributed by atoms with van der Waals surface area (Å²) in [6.07, 6.45) is 6.33. The molecule has 12 nitrogen and oxygen atoms in total. The van der Waals surface area contributed by atoms with Crippen LogP contribution >= 0.6 is 0 Å². The second-order valence-electron chi connectivity index (χ2n) is 11.3. The molecule has 6 N–H and O–H groups in total. The van der Waals surface area contributed by atoms with Crippen LogP contribution in [0.25, 0.3) is 0 Å². The number of hydrogen-bond donors (Lipinski definition) is 4. The Hall–Kier alpha value is -5.85. The number of anilines is 2. The zero-order valence-corrected chi connectivity index (χ0v) is 26.4. The molecule has 0 fully saturated rings. The van der Waals surface area contributed by atoms with E-state index in [1.165, 1.54) is 23.9 Å². The van der Waals surface area contributed by atoms with E-state index >= 15 is 0 Å². The summed E-state index contributed by atoms with van der Waals surface area (Å²) >= 11 is 0. The van der Waals surface area contributed by atoms with Gasteiger partial charge in [0.15, 0.2) is 0 Å². The van der Waals surface area contributed by atoms with Crippen molar-refractivity contribution in [2.45, 2.75) is 44.7 Å². The summed E-state index contributed by atoms with van der Waals surface area (Å²) in [4.78, 5) is 40.2. The molecule has 2 amide bonds. The average Bonchev–Trinajstić information content (AvgIpc) is 3.71. The standard InChI is InChI=1S/C18H20N4O2.C17H17FN4O2/c1-12-2-6-14(10-20-12)17(23)21-15-7-3-13(4-8-15)5-9-16-11-24-18(19)22-16;18-15-14(2-1-9-20-15)16(23)21-12-6-3-11(4-7-12)5-8-13-10-24-17(19)22-13/h2-4,6-8,10,16H,5,9,11H2,1H3,(H2,19,22)(H,21,23);1-4,6-7,9,13H,5,8,10H2,(H2,19,22)(H,21,23)/t16-;13-/m00/s1. The molecular weight excluding hydrogens is 615 g/mol. The van der Waals surface area contributed by atoms with Crippen LogP contribution in [0, 0.1) is 12.9 Å². The third kappa shape index (κ3) is 9.82. The summed E-state index contributed by atoms with van der Waals surface area (Å²) in [5.74, 6) is -1.48. The summed E-state index contributed by atoms with van der Waals surface area (Å²) < 4.78 is 23.7. The SMILES string of the molecule is Cc1ccc(C(=O)Nc2ccc(CC[C@H]3COC(N)=N3)cc2)cn1.NC1=N[C@@H](CCc2ccc(NC(=O)c3cccnc3F)cc2)CO1. The maximum Gasteiger partial charge on any atom is 0.282 e. The number of benzene rings is 2. The zero-order valence-electron chi connectivity index (χ0n) is 26.4. The Balaban J connectivity index is 0.000000188. The Morgan fingerprint density at radius 1 is 0.771 bits per heavy atom. The minimum Gasteiger partial charge on any atom is -0.463 e. The number of nitrogens with one attached hydrogen (secondary N) is 2. The Morgan fingerprint density at radius 3 is 1.77 bits per heavy atom. The largest absolute Gasteiger partial charge is 0.463 e. The van der Waals surface area contributed by atoms with Crippen LogP contribution in [0.4, 0.5) is 15.8 Å². The number of halogens is 1. The number of carbonyl (C=O) groups is 2. The van der Waals surface area contributed by atoms with Crippen molar-refractivity contribution in [3.05, 3.63) is 119 Å². The Labute approximate surface area is 277 Å². The van der Waals surface area contributed by atoms with Crippen molar-refractivity contribution >= 4 is 35.2 Å². The van der Waals surface area contributed by atoms with Crippen molar-refractivity contribution in [2.24, 2.45) is 21.5 Å². The summed E-state index contributed by atoms with van der Waals surface area (Å²) in [6, 6.07) is 22.5. The number of rotatable bonds is 10. The Bertz CT molecular complexity index is 1760. The molecule has 0 radical (unpaired) electrons. The quantitative estimate of drug-likeness (QED) is 0.182. The van der Waals surface area contributed by atoms with E-state index in [9.17, 15) is 14.0 Å². The first kappa shape index (κ1) is 33.5. The summed E-state index contributed by atoms with van der Waals surface area (Å²) in [6.45, 7) is 2.97. The molecule has 2 atom stereocenters. The van der Waals surface area contributed by atoms with Crippen molar-refractivity contribution in [2.75, 3.05) is 23.8 Å². The zero-order chi connectivity index (χ0) is 33.9. The highest BCUT2D eigenvalue weighted by Crippen LogP contribution is 2.17. The highest BCUT2D eigenvalue weighted by molar-refractivity contribution is 6.04. The molecule has 0 aliphatic carbocycles. The maximum absolute atomic E-state index is 13.5. The third-order valence-corrected chi connectivity index (χ3v) is 7.60. The maximum atomic E-state index is 13.5. The van der Waals surface area contributed by atoms with Gasteiger partial charge in [0.2, 0.25) is 5.95 Å². The number of aryl methyl sites for hydroxylation is 3. The van der Waals surface area contributed by atoms with E-state index < -0.39 is 11.9 Å². The van der Waals surface area contributed by atoms with Crippen LogP contribution in [0.5, 0.6) is 0 Å². The lowest BCUT2D eigenvalue weighted by Crippen LogP contribution is -2.14. The number of nitrogens with zero attached hydrogens (tertiary/aromatic N) is 4. The van der Waals surface area contributed by atoms with Crippen molar-refractivity contribution in [1.82, 2.24) is 9.97 Å². The first-order chi connectivity index (χ1) is 23.2. The van der Waals surface area contributed by atoms with Gasteiger partial charge in [-0.15, -0.1) is 0 Å². The number of amidine groups is 2. The molecule has 48 heavy (non-hydrogen) atoms. The number of pyridine rings is 2. The molecule has 0 saturated carbocycles. The van der Waals surface area contributed by atoms with Gasteiger partial charge in [0.05, 0.1) is 23.2 Å². The van der Waals surface area contributed by atoms with E-state index in [2.05, 4.69) is 30.6 Å². The smallest absolute Gasteiger partial charge is 0.282 e. The molecule has 4 heterocycles. The molecule has 2 aliphatic rings. The van der Waals surface area contributed by atoms with Gasteiger partial charge in [0.25, 0.3) is 23.9 Å². The summed E-state index contributed by atoms with van der Waals surface area (Å²) in [7, 11) is 0. The van der Waals surface area contributed by atoms with Crippen LogP contribution < -0.4 is 22.1 Å². The monoisotopic (exact) mass is 652 g/mol. The predicted octanol–water partition coefficient (Wildman–Crippen LogP) is 4.41. The van der Waals surface area contributed by atoms with Gasteiger partial charge in [-0.2, -0.15) is 4.39 Å². The van der Waals surface area contributed by atoms with Gasteiger partial charge in [0.1, 0.15) is 13.2 Å². The second kappa shape index (κ2) is 16.1. The fourth-order valence-corrected chi connectivity index (χ4v) is 4.90. The molecule has 0 unspecified atom stereocenters. The number of aromatic nitrogens is 2. The van der Waals surface area contributed by atoms with Crippen LogP contribution in [0.15, 0.2) is 95.2 Å². The van der Waals surface area contributed by atoms with Gasteiger partial charge in [-0.05, 0) is 92.3 Å². The lowest BCUT2D eigenvalue weighted by atomic mass is 10.1. The van der Waals surface area contributed by atoms with Crippen molar-refractivity contribution in [3.63, 3.8) is 0 Å². The molecule has 2 aromatic carbocycles. The third-order valence-electron chi connectivity index (χ3n) is 7.60. The van der Waals surface area contributed by atoms with Gasteiger partial charge in [-0.25, -0.2) is 15.0 Å². The number of amides is 2. The van der Waals surface area contributed by atoms with Crippen LogP contribution in [-0.4, -0.2) is 59.1 Å². The van der Waals surface area contributed by atoms with E-state index in [1.54, 1.807) is 24.4 Å². The summed E-state index contributed by atoms with van der Waals surface area (Å²) in [5.41, 5.74) is 16.0. The minimum atomic E-state index is -0.787. The fraction of sp³-hybridized carbons (Fsp3) is 0.257. The van der Waals surface area contributed by atoms with Gasteiger partial charge in [0, 0.05) is 29.5 Å². The summed E-state index contributed by atoms with van der Waals surface area (Å²) in [5, 5.41) is 5.52. The first-order valence-electron chi connectivity index (χ1n) is 15.5. The van der Waals surface area contributed by atoms with E-state index in [4.69, 9.17) is 20.9 Å². The number of carbonyl (C=O) groups excluding carboxylic acids is 2. The Morgan fingerprint density at radius 2 is 1.31 bits per heavy atom. The van der Waals surface area contributed by atoms with Crippen molar-refractivity contribution in [1.29, 1.82) is 0 Å². The molecule has 4 aromatic rings. The molecule has 0 saturated heterocycles. The predicted molar refractivity (Wildman–Crippen MR) is 181 cm³/mol. The minimum absolute atomic E-state index is 0.0849. The van der Waals surface area contributed by atoms with E-state index in [-0.39, 0.29) is 35.6 Å². The highest BCUT2D eigenvalue weighted by Gasteiger charge is 2.17. The van der Waals surface area contributed by atoms with Crippen LogP contribution in [-0.2, 0) is 22.3 Å². The Kier molecular flexibility index (Phi) is 11.3. The van der Waals surface area contributed by atoms with Gasteiger partial charge < -0.3 is 31.6 Å². The number of hydrogen-bond acceptors (Lipinski definition) is 10. The number of ether oxygens (including phenoxy) is 2. The van der Waals surface area contributed by atoms with E-state index in [1.807, 2.05) is 49.4 Å². The highest BCUT2D eigenvalue weighted by atomic mass is 19.1. The first-order valence-corrected chi connectivity index (χ1v) is 15.5. The van der Waals surface area contributed by atoms with Crippen LogP contribution in [0.2, 0.25) is 0 Å². The van der Waals surface area contributed by atoms with E-state index in [0.29, 0.717) is 24.5 Å². The van der Waals surface area contributed by atoms with Crippen LogP contribution in [0.1, 0.15) is 50.4 Å². The number of nitrogens with two attached hydrogens (primary N) is 2. The molecular formula is C35H37FN8O4. The number of aliphatic imine (C=N–C) groups is 2. The second-order valence-corrected chi connectivity index (χ2v) is 11.3. The van der Waals surface area contributed by atoms with Crippen molar-refractivity contribution < 1.29 is 23.5 Å². The lowest BCUT2D eigenvalue weighted by Gasteiger charge is -2.08. The normalized spacial score (nSPS) is 16.4.